The van der Waals surface area contributed by atoms with Gasteiger partial charge in [0.1, 0.15) is 5.57 Å². The number of hydrogen-bond donors (Lipinski definition) is 0. The van der Waals surface area contributed by atoms with Gasteiger partial charge in [0.25, 0.3) is 0 Å². The molecule has 0 amide bonds. The molecule has 0 radical (unpaired) electrons. The maximum atomic E-state index is 12.3. The van der Waals surface area contributed by atoms with Crippen molar-refractivity contribution in [3.05, 3.63) is 33.2 Å². The van der Waals surface area contributed by atoms with Crippen LogP contribution in [0.25, 0.3) is 5.57 Å². The van der Waals surface area contributed by atoms with E-state index in [0.717, 1.165) is 15.2 Å². The van der Waals surface area contributed by atoms with Gasteiger partial charge in [-0.1, -0.05) is 6.07 Å². The average Bonchev–Trinajstić information content (AvgIpc) is 2.91. The molecule has 1 aliphatic heterocycles. The van der Waals surface area contributed by atoms with Crippen LogP contribution in [0.4, 0.5) is 0 Å². The lowest BCUT2D eigenvalue weighted by molar-refractivity contribution is -0.517. The van der Waals surface area contributed by atoms with Gasteiger partial charge in [-0.15, -0.1) is 11.3 Å². The van der Waals surface area contributed by atoms with Gasteiger partial charge >= 0.3 is 5.97 Å². The van der Waals surface area contributed by atoms with Gasteiger partial charge in [0.05, 0.1) is 12.2 Å². The van der Waals surface area contributed by atoms with Crippen molar-refractivity contribution >= 4 is 28.6 Å². The highest BCUT2D eigenvalue weighted by Gasteiger charge is 2.47. The summed E-state index contributed by atoms with van der Waals surface area (Å²) in [6, 6.07) is 3.84. The van der Waals surface area contributed by atoms with Crippen molar-refractivity contribution < 1.29 is 14.3 Å². The van der Waals surface area contributed by atoms with Crippen molar-refractivity contribution in [2.75, 3.05) is 6.61 Å². The zero-order valence-electron chi connectivity index (χ0n) is 11.5. The number of hydrogen-bond acceptors (Lipinski definition) is 4. The Morgan fingerprint density at radius 3 is 2.74 bits per heavy atom. The SMILES string of the molecule is CCOC(=O)C1=C(c2cccs2)C(C)(C)[N+]([O-])=C1C. The van der Waals surface area contributed by atoms with Crippen molar-refractivity contribution in [3.8, 4) is 0 Å². The van der Waals surface area contributed by atoms with E-state index in [9.17, 15) is 10.0 Å². The molecule has 0 fully saturated rings. The minimum atomic E-state index is -0.753. The first-order valence-corrected chi connectivity index (χ1v) is 7.06. The van der Waals surface area contributed by atoms with E-state index in [0.29, 0.717) is 17.9 Å². The van der Waals surface area contributed by atoms with Crippen LogP contribution in [0.3, 0.4) is 0 Å². The molecule has 0 N–H and O–H groups in total. The first-order valence-electron chi connectivity index (χ1n) is 6.18. The van der Waals surface area contributed by atoms with Crippen LogP contribution in [-0.4, -0.2) is 28.6 Å². The molecule has 19 heavy (non-hydrogen) atoms. The fourth-order valence-electron chi connectivity index (χ4n) is 2.41. The van der Waals surface area contributed by atoms with Gasteiger partial charge in [0, 0.05) is 25.6 Å². The van der Waals surface area contributed by atoms with Crippen LogP contribution in [0.5, 0.6) is 0 Å². The van der Waals surface area contributed by atoms with Crippen LogP contribution in [-0.2, 0) is 9.53 Å². The van der Waals surface area contributed by atoms with Gasteiger partial charge in [0.2, 0.25) is 0 Å². The number of rotatable bonds is 3. The predicted molar refractivity (Wildman–Crippen MR) is 76.3 cm³/mol. The highest BCUT2D eigenvalue weighted by molar-refractivity contribution is 7.11. The van der Waals surface area contributed by atoms with Crippen molar-refractivity contribution in [3.63, 3.8) is 0 Å². The second-order valence-corrected chi connectivity index (χ2v) is 5.83. The molecule has 1 aromatic rings. The second-order valence-electron chi connectivity index (χ2n) is 4.89. The normalized spacial score (nSPS) is 18.1. The first kappa shape index (κ1) is 13.8. The predicted octanol–water partition coefficient (Wildman–Crippen LogP) is 2.83. The molecule has 4 nitrogen and oxygen atoms in total. The van der Waals surface area contributed by atoms with Crippen molar-refractivity contribution in [2.45, 2.75) is 33.2 Å². The van der Waals surface area contributed by atoms with E-state index in [1.54, 1.807) is 13.8 Å². The number of hydroxylamine groups is 1. The summed E-state index contributed by atoms with van der Waals surface area (Å²) >= 11 is 1.52. The number of carbonyl (C=O) groups excluding carboxylic acids is 1. The molecule has 0 saturated carbocycles. The Balaban J connectivity index is 2.64. The lowest BCUT2D eigenvalue weighted by Crippen LogP contribution is -2.31. The largest absolute Gasteiger partial charge is 0.623 e. The summed E-state index contributed by atoms with van der Waals surface area (Å²) in [5, 5.41) is 14.2. The molecule has 0 bridgehead atoms. The lowest BCUT2D eigenvalue weighted by atomic mass is 9.91. The molecule has 2 heterocycles. The zero-order valence-corrected chi connectivity index (χ0v) is 12.3. The Morgan fingerprint density at radius 1 is 1.53 bits per heavy atom. The van der Waals surface area contributed by atoms with Crippen LogP contribution in [0, 0.1) is 5.21 Å². The summed E-state index contributed by atoms with van der Waals surface area (Å²) < 4.78 is 5.98. The van der Waals surface area contributed by atoms with Gasteiger partial charge in [0.15, 0.2) is 11.3 Å². The number of ether oxygens (including phenoxy) is 1. The molecule has 1 aromatic heterocycles. The summed E-state index contributed by atoms with van der Waals surface area (Å²) in [6.07, 6.45) is 0. The monoisotopic (exact) mass is 279 g/mol. The van der Waals surface area contributed by atoms with E-state index in [-0.39, 0.29) is 0 Å². The van der Waals surface area contributed by atoms with E-state index in [1.165, 1.54) is 11.3 Å². The summed E-state index contributed by atoms with van der Waals surface area (Å²) in [6.45, 7) is 7.37. The van der Waals surface area contributed by atoms with Crippen molar-refractivity contribution in [1.29, 1.82) is 0 Å². The molecule has 0 atom stereocenters. The van der Waals surface area contributed by atoms with Crippen molar-refractivity contribution in [1.82, 2.24) is 0 Å². The third kappa shape index (κ3) is 2.08. The minimum Gasteiger partial charge on any atom is -0.623 e. The van der Waals surface area contributed by atoms with Crippen LogP contribution in [0.1, 0.15) is 32.6 Å². The van der Waals surface area contributed by atoms with Gasteiger partial charge < -0.3 is 9.94 Å². The lowest BCUT2D eigenvalue weighted by Gasteiger charge is -2.21. The van der Waals surface area contributed by atoms with E-state index in [2.05, 4.69) is 0 Å². The standard InChI is InChI=1S/C14H17NO3S/c1-5-18-13(16)11-9(2)15(17)14(3,4)12(11)10-7-6-8-19-10/h6-8H,5H2,1-4H3. The number of nitrogens with zero attached hydrogens (tertiary/aromatic N) is 1. The molecular weight excluding hydrogens is 262 g/mol. The highest BCUT2D eigenvalue weighted by Crippen LogP contribution is 2.40. The molecule has 2 rings (SSSR count). The Labute approximate surface area is 116 Å². The molecule has 0 unspecified atom stereocenters. The molecule has 1 aliphatic rings. The van der Waals surface area contributed by atoms with Gasteiger partial charge in [-0.05, 0) is 18.4 Å². The fourth-order valence-corrected chi connectivity index (χ4v) is 3.34. The second kappa shape index (κ2) is 4.81. The number of thiophene rings is 1. The molecule has 5 heteroatoms. The van der Waals surface area contributed by atoms with Gasteiger partial charge in [-0.25, -0.2) is 4.79 Å². The number of esters is 1. The Kier molecular flexibility index (Phi) is 3.49. The van der Waals surface area contributed by atoms with E-state index in [4.69, 9.17) is 4.74 Å². The summed E-state index contributed by atoms with van der Waals surface area (Å²) in [4.78, 5) is 13.1. The smallest absolute Gasteiger partial charge is 0.345 e. The van der Waals surface area contributed by atoms with Gasteiger partial charge in [-0.2, -0.15) is 4.74 Å². The van der Waals surface area contributed by atoms with Crippen molar-refractivity contribution in [2.24, 2.45) is 0 Å². The van der Waals surface area contributed by atoms with Crippen LogP contribution in [0.2, 0.25) is 0 Å². The van der Waals surface area contributed by atoms with Crippen LogP contribution >= 0.6 is 11.3 Å². The summed E-state index contributed by atoms with van der Waals surface area (Å²) in [5.74, 6) is -0.421. The molecule has 0 spiro atoms. The Bertz CT molecular complexity index is 568. The molecule has 102 valence electrons. The molecule has 0 aromatic carbocycles. The first-order chi connectivity index (χ1) is 8.91. The molecule has 0 aliphatic carbocycles. The Hall–Kier alpha value is -1.62. The summed E-state index contributed by atoms with van der Waals surface area (Å²) in [5.41, 5.74) is 0.835. The third-order valence-corrected chi connectivity index (χ3v) is 4.17. The topological polar surface area (TPSA) is 52.4 Å². The van der Waals surface area contributed by atoms with Crippen LogP contribution < -0.4 is 0 Å². The third-order valence-electron chi connectivity index (χ3n) is 3.28. The Morgan fingerprint density at radius 2 is 2.21 bits per heavy atom. The highest BCUT2D eigenvalue weighted by atomic mass is 32.1. The minimum absolute atomic E-state index is 0.298. The molecule has 0 saturated heterocycles. The fraction of sp³-hybridized carbons (Fsp3) is 0.429. The summed E-state index contributed by atoms with van der Waals surface area (Å²) in [7, 11) is 0. The van der Waals surface area contributed by atoms with E-state index < -0.39 is 11.5 Å². The molecular formula is C14H17NO3S. The van der Waals surface area contributed by atoms with E-state index in [1.807, 2.05) is 31.4 Å². The quantitative estimate of drug-likeness (QED) is 0.485. The number of carbonyl (C=O) groups is 1. The van der Waals surface area contributed by atoms with E-state index >= 15 is 0 Å². The zero-order chi connectivity index (χ0) is 14.2. The van der Waals surface area contributed by atoms with Crippen LogP contribution in [0.15, 0.2) is 23.1 Å². The van der Waals surface area contributed by atoms with Gasteiger partial charge in [-0.3, -0.25) is 0 Å². The average molecular weight is 279 g/mol. The maximum absolute atomic E-state index is 12.3. The maximum Gasteiger partial charge on any atom is 0.345 e.